The fraction of sp³-hybridized carbons (Fsp3) is 0.294. The Morgan fingerprint density at radius 3 is 2.05 bits per heavy atom. The van der Waals surface area contributed by atoms with Crippen molar-refractivity contribution in [2.45, 2.75) is 57.6 Å². The summed E-state index contributed by atoms with van der Waals surface area (Å²) in [5, 5.41) is 1.02. The number of rotatable bonds is 7. The van der Waals surface area contributed by atoms with Gasteiger partial charge in [-0.1, -0.05) is 65.7 Å². The van der Waals surface area contributed by atoms with Crippen LogP contribution in [0.15, 0.2) is 89.3 Å². The number of ether oxygens (including phenoxy) is 2. The summed E-state index contributed by atoms with van der Waals surface area (Å²) in [4.78, 5) is 29.6. The van der Waals surface area contributed by atoms with Crippen molar-refractivity contribution in [1.82, 2.24) is 4.90 Å². The number of ketones is 2. The number of methoxy groups -OCH3 is 1. The van der Waals surface area contributed by atoms with Crippen LogP contribution in [0.3, 0.4) is 0 Å². The molecule has 0 bridgehead atoms. The third-order valence-electron chi connectivity index (χ3n) is 8.15. The van der Waals surface area contributed by atoms with Crippen LogP contribution in [0.25, 0.3) is 0 Å². The molecule has 7 heteroatoms. The number of Topliss-reactive ketones (excluding diaryl/α,β-unsaturated/α-hetero) is 2. The quantitative estimate of drug-likeness (QED) is 0.279. The van der Waals surface area contributed by atoms with Crippen LogP contribution in [-0.2, 0) is 22.7 Å². The van der Waals surface area contributed by atoms with Gasteiger partial charge in [0.05, 0.1) is 12.1 Å². The zero-order valence-electron chi connectivity index (χ0n) is 22.9. The molecule has 0 aromatic heterocycles. The monoisotopic (exact) mass is 587 g/mol. The maximum absolute atomic E-state index is 13.7. The third kappa shape index (κ3) is 5.41. The number of carbonyl (C=O) groups is 2. The highest BCUT2D eigenvalue weighted by atomic mass is 35.5. The normalized spacial score (nSPS) is 17.5. The van der Waals surface area contributed by atoms with E-state index in [1.807, 2.05) is 54.6 Å². The zero-order valence-corrected chi connectivity index (χ0v) is 24.4. The Kier molecular flexibility index (Phi) is 7.92. The minimum absolute atomic E-state index is 0.0948. The summed E-state index contributed by atoms with van der Waals surface area (Å²) in [6, 6.07) is 21.3. The lowest BCUT2D eigenvalue weighted by atomic mass is 9.71. The van der Waals surface area contributed by atoms with Gasteiger partial charge in [0.15, 0.2) is 23.1 Å². The average Bonchev–Trinajstić information content (AvgIpc) is 2.98. The van der Waals surface area contributed by atoms with Crippen molar-refractivity contribution < 1.29 is 19.1 Å². The van der Waals surface area contributed by atoms with Crippen molar-refractivity contribution in [1.29, 1.82) is 0 Å². The predicted octanol–water partition coefficient (Wildman–Crippen LogP) is 8.19. The van der Waals surface area contributed by atoms with Gasteiger partial charge in [-0.05, 0) is 66.6 Å². The van der Waals surface area contributed by atoms with Crippen LogP contribution in [0.2, 0.25) is 10.0 Å². The number of hydrogen-bond donors (Lipinski definition) is 0. The van der Waals surface area contributed by atoms with Crippen LogP contribution in [0.1, 0.15) is 61.1 Å². The van der Waals surface area contributed by atoms with Crippen LogP contribution in [0, 0.1) is 0 Å². The van der Waals surface area contributed by atoms with Gasteiger partial charge >= 0.3 is 0 Å². The predicted molar refractivity (Wildman–Crippen MR) is 160 cm³/mol. The van der Waals surface area contributed by atoms with Gasteiger partial charge in [0, 0.05) is 52.9 Å². The van der Waals surface area contributed by atoms with E-state index in [-0.39, 0.29) is 18.2 Å². The summed E-state index contributed by atoms with van der Waals surface area (Å²) < 4.78 is 11.8. The molecule has 3 aromatic rings. The lowest BCUT2D eigenvalue weighted by Crippen LogP contribution is -2.38. The molecule has 0 amide bonds. The lowest BCUT2D eigenvalue weighted by molar-refractivity contribution is -0.117. The van der Waals surface area contributed by atoms with Crippen LogP contribution < -0.4 is 9.47 Å². The first-order chi connectivity index (χ1) is 19.9. The second-order valence-electron chi connectivity index (χ2n) is 10.7. The molecule has 2 aliphatic carbocycles. The summed E-state index contributed by atoms with van der Waals surface area (Å²) in [6.45, 7) is 0.916. The van der Waals surface area contributed by atoms with Gasteiger partial charge < -0.3 is 14.4 Å². The molecule has 210 valence electrons. The Hall–Kier alpha value is -3.54. The number of hydrogen-bond acceptors (Lipinski definition) is 5. The van der Waals surface area contributed by atoms with E-state index in [1.165, 1.54) is 0 Å². The summed E-state index contributed by atoms with van der Waals surface area (Å²) in [6.07, 6.45) is 4.13. The standard InChI is InChI=1S/C34H31Cl2NO4/c1-40-30-18-23(17-25(36)34(30)41-20-22-13-15-24(35)16-14-22)31-32-26(9-5-11-28(32)38)37(19-21-7-3-2-4-8-21)27-10-6-12-29(39)33(27)31/h2-4,7-8,13-18,31H,5-6,9-12,19-20H2,1H3. The molecule has 0 unspecified atom stereocenters. The highest BCUT2D eigenvalue weighted by molar-refractivity contribution is 6.32. The fourth-order valence-electron chi connectivity index (χ4n) is 6.29. The number of carbonyl (C=O) groups excluding carboxylic acids is 2. The molecular formula is C34H31Cl2NO4. The largest absolute Gasteiger partial charge is 0.493 e. The van der Waals surface area contributed by atoms with E-state index in [0.29, 0.717) is 52.1 Å². The molecule has 6 rings (SSSR count). The van der Waals surface area contributed by atoms with Crippen molar-refractivity contribution in [3.63, 3.8) is 0 Å². The van der Waals surface area contributed by atoms with E-state index < -0.39 is 5.92 Å². The van der Waals surface area contributed by atoms with Crippen molar-refractivity contribution in [3.8, 4) is 11.5 Å². The first-order valence-electron chi connectivity index (χ1n) is 14.0. The highest BCUT2D eigenvalue weighted by Gasteiger charge is 2.43. The van der Waals surface area contributed by atoms with E-state index in [0.717, 1.165) is 53.8 Å². The Labute approximate surface area is 250 Å². The maximum atomic E-state index is 13.7. The molecule has 0 spiro atoms. The van der Waals surface area contributed by atoms with Gasteiger partial charge in [-0.3, -0.25) is 9.59 Å². The minimum Gasteiger partial charge on any atom is -0.493 e. The van der Waals surface area contributed by atoms with E-state index >= 15 is 0 Å². The second-order valence-corrected chi connectivity index (χ2v) is 11.6. The lowest BCUT2D eigenvalue weighted by Gasteiger charge is -2.44. The molecule has 41 heavy (non-hydrogen) atoms. The maximum Gasteiger partial charge on any atom is 0.180 e. The summed E-state index contributed by atoms with van der Waals surface area (Å²) >= 11 is 12.9. The molecule has 5 nitrogen and oxygen atoms in total. The Morgan fingerprint density at radius 1 is 0.805 bits per heavy atom. The molecular weight excluding hydrogens is 557 g/mol. The van der Waals surface area contributed by atoms with E-state index in [2.05, 4.69) is 17.0 Å². The van der Waals surface area contributed by atoms with Crippen molar-refractivity contribution in [3.05, 3.63) is 116 Å². The average molecular weight is 589 g/mol. The molecule has 3 aromatic carbocycles. The second kappa shape index (κ2) is 11.8. The van der Waals surface area contributed by atoms with Crippen molar-refractivity contribution >= 4 is 34.8 Å². The molecule has 1 aliphatic heterocycles. The number of benzene rings is 3. The number of halogens is 2. The summed E-state index contributed by atoms with van der Waals surface area (Å²) in [7, 11) is 1.57. The fourth-order valence-corrected chi connectivity index (χ4v) is 6.69. The van der Waals surface area contributed by atoms with Crippen LogP contribution in [-0.4, -0.2) is 23.6 Å². The smallest absolute Gasteiger partial charge is 0.180 e. The van der Waals surface area contributed by atoms with Gasteiger partial charge in [0.1, 0.15) is 6.61 Å². The molecule has 3 aliphatic rings. The van der Waals surface area contributed by atoms with Crippen molar-refractivity contribution in [2.24, 2.45) is 0 Å². The van der Waals surface area contributed by atoms with E-state index in [4.69, 9.17) is 32.7 Å². The van der Waals surface area contributed by atoms with Crippen LogP contribution >= 0.6 is 23.2 Å². The summed E-state index contributed by atoms with van der Waals surface area (Å²) in [5.74, 6) is 0.589. The van der Waals surface area contributed by atoms with Gasteiger partial charge in [0.25, 0.3) is 0 Å². The Balaban J connectivity index is 1.44. The Bertz CT molecular complexity index is 1520. The molecule has 0 N–H and O–H groups in total. The van der Waals surface area contributed by atoms with Gasteiger partial charge in [0.2, 0.25) is 0 Å². The number of nitrogens with zero attached hydrogens (tertiary/aromatic N) is 1. The van der Waals surface area contributed by atoms with Crippen molar-refractivity contribution in [2.75, 3.05) is 7.11 Å². The summed E-state index contributed by atoms with van der Waals surface area (Å²) in [5.41, 5.74) is 6.35. The highest BCUT2D eigenvalue weighted by Crippen LogP contribution is 2.51. The zero-order chi connectivity index (χ0) is 28.5. The van der Waals surface area contributed by atoms with E-state index in [9.17, 15) is 9.59 Å². The number of allylic oxidation sites excluding steroid dienone is 4. The molecule has 0 saturated carbocycles. The molecule has 1 heterocycles. The first kappa shape index (κ1) is 27.6. The molecule has 0 radical (unpaired) electrons. The molecule has 0 atom stereocenters. The Morgan fingerprint density at radius 2 is 1.44 bits per heavy atom. The third-order valence-corrected chi connectivity index (χ3v) is 8.68. The van der Waals surface area contributed by atoms with Crippen LogP contribution in [0.5, 0.6) is 11.5 Å². The van der Waals surface area contributed by atoms with Gasteiger partial charge in [-0.15, -0.1) is 0 Å². The van der Waals surface area contributed by atoms with E-state index in [1.54, 1.807) is 7.11 Å². The van der Waals surface area contributed by atoms with Crippen LogP contribution in [0.4, 0.5) is 0 Å². The van der Waals surface area contributed by atoms with Gasteiger partial charge in [-0.2, -0.15) is 0 Å². The molecule has 0 saturated heterocycles. The SMILES string of the molecule is COc1cc(C2C3=C(CCCC3=O)N(Cc3ccccc3)C3=C2C(=O)CCC3)cc(Cl)c1OCc1ccc(Cl)cc1. The van der Waals surface area contributed by atoms with Gasteiger partial charge in [-0.25, -0.2) is 0 Å². The minimum atomic E-state index is -0.482. The topological polar surface area (TPSA) is 55.8 Å². The first-order valence-corrected chi connectivity index (χ1v) is 14.8. The molecule has 0 fully saturated rings.